The molecule has 0 aromatic carbocycles. The van der Waals surface area contributed by atoms with Gasteiger partial charge in [0, 0.05) is 41.8 Å². The van der Waals surface area contributed by atoms with E-state index in [2.05, 4.69) is 26.6 Å². The number of nitrogens with one attached hydrogen (secondary N) is 5. The Morgan fingerprint density at radius 1 is 0.548 bits per heavy atom. The lowest BCUT2D eigenvalue weighted by Crippen LogP contribution is -2.63. The van der Waals surface area contributed by atoms with Gasteiger partial charge in [0.05, 0.1) is 24.8 Å². The summed E-state index contributed by atoms with van der Waals surface area (Å²) in [7, 11) is 6.43. The van der Waals surface area contributed by atoms with Crippen LogP contribution in [0, 0.1) is 11.8 Å². The van der Waals surface area contributed by atoms with Crippen LogP contribution in [0.15, 0.2) is 12.2 Å². The number of nitrogens with two attached hydrogens (primary N) is 1. The van der Waals surface area contributed by atoms with Crippen molar-refractivity contribution in [2.45, 2.75) is 169 Å². The van der Waals surface area contributed by atoms with E-state index in [0.717, 1.165) is 24.5 Å². The average Bonchev–Trinajstić information content (AvgIpc) is 3.32. The Labute approximate surface area is 429 Å². The summed E-state index contributed by atoms with van der Waals surface area (Å²) in [6.07, 6.45) is 0.662. The first-order valence-corrected chi connectivity index (χ1v) is 24.3. The largest absolute Gasteiger partial charge is 0.396 e. The number of ketones is 1. The molecule has 0 saturated heterocycles. The van der Waals surface area contributed by atoms with Crippen molar-refractivity contribution < 1.29 is 68.1 Å². The lowest BCUT2D eigenvalue weighted by atomic mass is 9.92. The van der Waals surface area contributed by atoms with Gasteiger partial charge in [-0.3, -0.25) is 52.7 Å². The molecule has 0 spiro atoms. The summed E-state index contributed by atoms with van der Waals surface area (Å²) in [6.45, 7) is 16.5. The summed E-state index contributed by atoms with van der Waals surface area (Å²) < 4.78 is 0. The first-order valence-electron chi connectivity index (χ1n) is 24.3. The Kier molecular flexibility index (Phi) is 28.3. The predicted octanol–water partition coefficient (Wildman–Crippen LogP) is -3.41. The first-order chi connectivity index (χ1) is 33.6. The highest BCUT2D eigenvalue weighted by atomic mass is 16.3. The van der Waals surface area contributed by atoms with Crippen molar-refractivity contribution in [3.63, 3.8) is 0 Å². The highest BCUT2D eigenvalue weighted by Crippen LogP contribution is 2.20. The zero-order valence-corrected chi connectivity index (χ0v) is 45.7. The molecular formula is C48H85N11O14. The molecule has 14 atom stereocenters. The molecule has 0 radical (unpaired) electrons. The highest BCUT2D eigenvalue weighted by molar-refractivity contribution is 5.98. The van der Waals surface area contributed by atoms with Gasteiger partial charge in [0.15, 0.2) is 0 Å². The van der Waals surface area contributed by atoms with Gasteiger partial charge in [0.25, 0.3) is 0 Å². The van der Waals surface area contributed by atoms with Gasteiger partial charge in [-0.15, -0.1) is 0 Å². The molecule has 0 bridgehead atoms. The van der Waals surface area contributed by atoms with Crippen LogP contribution in [-0.2, 0) is 52.7 Å². The number of hydrogen-bond acceptors (Lipinski definition) is 15. The molecule has 10 amide bonds. The van der Waals surface area contributed by atoms with E-state index in [1.54, 1.807) is 32.9 Å². The van der Waals surface area contributed by atoms with E-state index in [0.29, 0.717) is 0 Å². The lowest BCUT2D eigenvalue weighted by Gasteiger charge is -2.38. The molecule has 0 fully saturated rings. The number of amides is 10. The Morgan fingerprint density at radius 2 is 1.00 bits per heavy atom. The summed E-state index contributed by atoms with van der Waals surface area (Å²) in [5.41, 5.74) is 5.55. The van der Waals surface area contributed by atoms with Gasteiger partial charge in [-0.2, -0.15) is 0 Å². The number of aliphatic hydroxyl groups excluding tert-OH is 3. The third-order valence-electron chi connectivity index (χ3n) is 12.6. The molecule has 0 rings (SSSR count). The monoisotopic (exact) mass is 1040 g/mol. The van der Waals surface area contributed by atoms with Crippen molar-refractivity contribution in [1.29, 1.82) is 0 Å². The summed E-state index contributed by atoms with van der Waals surface area (Å²) in [5, 5.41) is 44.4. The summed E-state index contributed by atoms with van der Waals surface area (Å²) in [5.74, 6) is -9.24. The third kappa shape index (κ3) is 20.1. The Bertz CT molecular complexity index is 1990. The van der Waals surface area contributed by atoms with Crippen LogP contribution in [0.4, 0.5) is 0 Å². The second kappa shape index (κ2) is 30.9. The van der Waals surface area contributed by atoms with Crippen LogP contribution in [0.5, 0.6) is 0 Å². The van der Waals surface area contributed by atoms with Gasteiger partial charge in [-0.25, -0.2) is 0 Å². The van der Waals surface area contributed by atoms with Crippen molar-refractivity contribution >= 4 is 64.9 Å². The minimum absolute atomic E-state index is 0.0986. The Morgan fingerprint density at radius 3 is 1.45 bits per heavy atom. The minimum atomic E-state index is -1.66. The number of hydrogen-bond donors (Lipinski definition) is 9. The second-order valence-electron chi connectivity index (χ2n) is 19.2. The van der Waals surface area contributed by atoms with Crippen molar-refractivity contribution in [2.75, 3.05) is 48.4 Å². The topological polar surface area (TPSA) is 351 Å². The molecule has 0 aromatic rings. The molecule has 0 aliphatic rings. The molecule has 0 aliphatic carbocycles. The molecule has 1 unspecified atom stereocenters. The molecular weight excluding hydrogens is 955 g/mol. The number of likely N-dealkylation sites (N-methyl/N-ethyl adjacent to an activating group) is 5. The predicted molar refractivity (Wildman–Crippen MR) is 269 cm³/mol. The summed E-state index contributed by atoms with van der Waals surface area (Å²) in [4.78, 5) is 151. The molecule has 0 aliphatic heterocycles. The van der Waals surface area contributed by atoms with E-state index >= 15 is 0 Å². The quantitative estimate of drug-likeness (QED) is 0.0330. The van der Waals surface area contributed by atoms with Crippen LogP contribution in [0.2, 0.25) is 0 Å². The molecule has 416 valence electrons. The van der Waals surface area contributed by atoms with E-state index in [1.165, 1.54) is 97.6 Å². The van der Waals surface area contributed by atoms with Crippen molar-refractivity contribution in [2.24, 2.45) is 17.6 Å². The maximum Gasteiger partial charge on any atom is 0.247 e. The van der Waals surface area contributed by atoms with Crippen LogP contribution in [0.1, 0.15) is 95.9 Å². The molecule has 25 nitrogen and oxygen atoms in total. The van der Waals surface area contributed by atoms with E-state index in [-0.39, 0.29) is 31.8 Å². The smallest absolute Gasteiger partial charge is 0.247 e. The Balaban J connectivity index is 6.28. The van der Waals surface area contributed by atoms with Crippen molar-refractivity contribution in [3.05, 3.63) is 12.2 Å². The van der Waals surface area contributed by atoms with Crippen LogP contribution < -0.4 is 32.3 Å². The van der Waals surface area contributed by atoms with Gasteiger partial charge in [-0.1, -0.05) is 26.0 Å². The zero-order valence-electron chi connectivity index (χ0n) is 45.7. The first kappa shape index (κ1) is 67.0. The molecule has 10 N–H and O–H groups in total. The third-order valence-corrected chi connectivity index (χ3v) is 12.6. The number of rotatable bonds is 29. The van der Waals surface area contributed by atoms with Crippen molar-refractivity contribution in [3.8, 4) is 0 Å². The number of Topliss-reactive ketones (excluding diaryl/α,β-unsaturated/α-hetero) is 1. The number of carbonyl (C=O) groups excluding carboxylic acids is 11. The van der Waals surface area contributed by atoms with Gasteiger partial charge >= 0.3 is 0 Å². The van der Waals surface area contributed by atoms with Gasteiger partial charge in [0.1, 0.15) is 60.2 Å². The van der Waals surface area contributed by atoms with Crippen LogP contribution in [0.25, 0.3) is 0 Å². The van der Waals surface area contributed by atoms with Gasteiger partial charge in [-0.05, 0) is 93.9 Å². The maximum atomic E-state index is 14.1. The molecule has 73 heavy (non-hydrogen) atoms. The SMILES string of the molecule is C/C=C/C[C@@H](C)[C@@H](O)[C@@H](C(=O)N[C@H](C(=O)N(C)CC(C)=O)[C@@H](C)O)N(C)C(=O)[C@H](C)N(C)C(=O)[C@H](C)NC(=O)[C@H](CC(C)CO)N(C)C(=O)[C@@H](C)NC(=O)[C@H](C)NC(=O)[C@H](C)N(C)C(=O)[C@H](C)NC(=O)[C@H](C)N. The average molecular weight is 1040 g/mol. The van der Waals surface area contributed by atoms with Crippen LogP contribution in [0.3, 0.4) is 0 Å². The molecule has 25 heteroatoms. The standard InChI is InChI=1S/C48H85N11O14/c1-18-19-20-25(3)38(63)37(43(68)54-36(34(12)62)48(73)55(13)22-26(4)61)59(17)47(72)33(11)57(15)45(70)30(8)53-42(67)35(21-24(2)23-60)58(16)46(71)31(9)52-40(65)28(6)50-41(66)32(10)56(14)44(69)29(7)51-39(64)27(5)49/h18-19,24-25,27-38,60,62-63H,20-23,49H2,1-17H3,(H,50,66)(H,51,64)(H,52,65)(H,53,67)(H,54,68)/b19-18+/t24?,25-,27+,28+,29+,30+,31-,32+,33+,34-,35+,36+,37+,38-/m1/s1. The fourth-order valence-electron chi connectivity index (χ4n) is 7.34. The fraction of sp³-hybridized carbons (Fsp3) is 0.729. The Hall–Kier alpha value is -6.05. The van der Waals surface area contributed by atoms with Crippen LogP contribution >= 0.6 is 0 Å². The molecule has 0 saturated carbocycles. The highest BCUT2D eigenvalue weighted by Gasteiger charge is 2.42. The molecule has 0 heterocycles. The summed E-state index contributed by atoms with van der Waals surface area (Å²) >= 11 is 0. The van der Waals surface area contributed by atoms with Gasteiger partial charge < -0.3 is 72.1 Å². The minimum Gasteiger partial charge on any atom is -0.396 e. The van der Waals surface area contributed by atoms with E-state index in [9.17, 15) is 68.1 Å². The number of carbonyl (C=O) groups is 11. The lowest BCUT2D eigenvalue weighted by molar-refractivity contribution is -0.152. The summed E-state index contributed by atoms with van der Waals surface area (Å²) in [6, 6.07) is -12.7. The number of allylic oxidation sites excluding steroid dienone is 2. The zero-order chi connectivity index (χ0) is 57.1. The van der Waals surface area contributed by atoms with Crippen molar-refractivity contribution in [1.82, 2.24) is 51.1 Å². The van der Waals surface area contributed by atoms with Gasteiger partial charge in [0.2, 0.25) is 59.1 Å². The van der Waals surface area contributed by atoms with E-state index < -0.39 is 144 Å². The number of nitrogens with zero attached hydrogens (tertiary/aromatic N) is 5. The van der Waals surface area contributed by atoms with Crippen LogP contribution in [-0.4, -0.2) is 226 Å². The second-order valence-corrected chi connectivity index (χ2v) is 19.2. The maximum absolute atomic E-state index is 14.1. The fourth-order valence-corrected chi connectivity index (χ4v) is 7.34. The van der Waals surface area contributed by atoms with E-state index in [4.69, 9.17) is 5.73 Å². The molecule has 0 aromatic heterocycles. The normalized spacial score (nSPS) is 17.1. The number of aliphatic hydroxyl groups is 3. The van der Waals surface area contributed by atoms with E-state index in [1.807, 2.05) is 0 Å².